The highest BCUT2D eigenvalue weighted by Gasteiger charge is 2.83. The average Bonchev–Trinajstić information content (AvgIpc) is 2.19. The maximum Gasteiger partial charge on any atom is 0.239 e. The number of alkyl halides is 17. The van der Waals surface area contributed by atoms with Crippen molar-refractivity contribution in [2.45, 2.75) is 19.5 Å². The quantitative estimate of drug-likeness (QED) is 0.250. The molecule has 1 nitrogen and oxygen atoms in total. The van der Waals surface area contributed by atoms with Gasteiger partial charge in [-0.1, -0.05) is 239 Å². The second-order valence-corrected chi connectivity index (χ2v) is 38.4. The van der Waals surface area contributed by atoms with Crippen LogP contribution in [0.3, 0.4) is 0 Å². The van der Waals surface area contributed by atoms with E-state index in [1.165, 1.54) is 0 Å². The molecule has 0 saturated carbocycles. The average molecular weight is 1470 g/mol. The fourth-order valence-corrected chi connectivity index (χ4v) is 28.5. The first-order valence-corrected chi connectivity index (χ1v) is 18.6. The molecular weight excluding hydrogens is 1470 g/mol. The van der Waals surface area contributed by atoms with Crippen LogP contribution in [-0.4, -0.2) is 19.5 Å². The van der Waals surface area contributed by atoms with Gasteiger partial charge in [-0.15, -0.1) is 0 Å². The molecule has 0 unspecified atom stereocenters. The van der Waals surface area contributed by atoms with Crippen molar-refractivity contribution < 1.29 is 5.11 Å². The SMILES string of the molecule is [O]C(Br)(Br)C(Br)(Br)C(Br)(Br)C(Br)(Br)C(C(Br)(Br)Br)(C(Br)(Br)Br)C(Br)(Br)Br. The van der Waals surface area contributed by atoms with E-state index >= 15 is 0 Å². The Morgan fingerprint density at radius 1 is 0.346 bits per heavy atom. The summed E-state index contributed by atoms with van der Waals surface area (Å²) in [7, 11) is 0. The van der Waals surface area contributed by atoms with Crippen LogP contribution < -0.4 is 0 Å². The molecule has 0 atom stereocenters. The van der Waals surface area contributed by atoms with Gasteiger partial charge in [-0.3, -0.25) is 0 Å². The van der Waals surface area contributed by atoms with Crippen LogP contribution in [0.2, 0.25) is 0 Å². The van der Waals surface area contributed by atoms with Crippen molar-refractivity contribution in [2.75, 3.05) is 0 Å². The van der Waals surface area contributed by atoms with E-state index in [1.54, 1.807) is 0 Å². The van der Waals surface area contributed by atoms with Gasteiger partial charge in [0.1, 0.15) is 18.3 Å². The second kappa shape index (κ2) is 10.8. The standard InChI is InChI=1S/C8Br17O/c9-2(10,3(11,12)4(13,14)8(24,25)26)1(5(15,16)17,6(18,19)20)7(21,22)23. The summed E-state index contributed by atoms with van der Waals surface area (Å²) in [6.45, 7) is 0. The lowest BCUT2D eigenvalue weighted by Gasteiger charge is -2.62. The zero-order chi connectivity index (χ0) is 22.0. The Morgan fingerprint density at radius 3 is 0.731 bits per heavy atom. The van der Waals surface area contributed by atoms with Crippen LogP contribution in [0, 0.1) is 5.41 Å². The van der Waals surface area contributed by atoms with Crippen LogP contribution in [0.4, 0.5) is 0 Å². The van der Waals surface area contributed by atoms with Gasteiger partial charge in [0, 0.05) is 0 Å². The predicted octanol–water partition coefficient (Wildman–Crippen LogP) is 12.8. The molecule has 0 spiro atoms. The van der Waals surface area contributed by atoms with E-state index in [1.807, 2.05) is 0 Å². The van der Waals surface area contributed by atoms with Gasteiger partial charge in [0.05, 0.1) is 0 Å². The van der Waals surface area contributed by atoms with Crippen LogP contribution in [0.5, 0.6) is 0 Å². The van der Waals surface area contributed by atoms with Crippen LogP contribution in [-0.2, 0) is 5.11 Å². The Balaban J connectivity index is 7.31. The van der Waals surface area contributed by atoms with Crippen LogP contribution in [0.15, 0.2) is 0 Å². The van der Waals surface area contributed by atoms with Crippen molar-refractivity contribution in [1.29, 1.82) is 0 Å². The lowest BCUT2D eigenvalue weighted by Crippen LogP contribution is -2.71. The molecule has 0 aromatic rings. The predicted molar refractivity (Wildman–Crippen MR) is 174 cm³/mol. The summed E-state index contributed by atoms with van der Waals surface area (Å²) in [4.78, 5) is 0. The van der Waals surface area contributed by atoms with E-state index < -0.39 is 25.0 Å². The van der Waals surface area contributed by atoms with Crippen molar-refractivity contribution in [2.24, 2.45) is 5.41 Å². The summed E-state index contributed by atoms with van der Waals surface area (Å²) in [6, 6.07) is 0. The minimum Gasteiger partial charge on any atom is -0.202 e. The topological polar surface area (TPSA) is 19.9 Å². The number of hydrogen-bond acceptors (Lipinski definition) is 0. The van der Waals surface area contributed by atoms with E-state index in [4.69, 9.17) is 0 Å². The fourth-order valence-electron chi connectivity index (χ4n) is 1.63. The summed E-state index contributed by atoms with van der Waals surface area (Å²) < 4.78 is -8.71. The molecule has 0 saturated heterocycles. The maximum absolute atomic E-state index is 12.8. The molecule has 0 amide bonds. The molecule has 0 N–H and O–H groups in total. The van der Waals surface area contributed by atoms with Crippen LogP contribution >= 0.6 is 271 Å². The Hall–Kier alpha value is 8.12. The molecule has 0 bridgehead atoms. The molecule has 0 heterocycles. The minimum atomic E-state index is -1.85. The number of rotatable bonds is 4. The van der Waals surface area contributed by atoms with Crippen molar-refractivity contribution >= 4 is 271 Å². The maximum atomic E-state index is 12.8. The third-order valence-electron chi connectivity index (χ3n) is 2.90. The van der Waals surface area contributed by atoms with E-state index in [0.29, 0.717) is 0 Å². The second-order valence-electron chi connectivity index (χ2n) is 4.48. The molecule has 18 heteroatoms. The Labute approximate surface area is 294 Å². The molecule has 0 aliphatic carbocycles. The molecule has 26 heavy (non-hydrogen) atoms. The molecule has 157 valence electrons. The van der Waals surface area contributed by atoms with Crippen LogP contribution in [0.25, 0.3) is 0 Å². The Morgan fingerprint density at radius 2 is 0.577 bits per heavy atom. The number of hydrogen-bond donors (Lipinski definition) is 0. The monoisotopic (exact) mass is 1450 g/mol. The first-order chi connectivity index (χ1) is 10.8. The van der Waals surface area contributed by atoms with Crippen molar-refractivity contribution in [1.82, 2.24) is 0 Å². The summed E-state index contributed by atoms with van der Waals surface area (Å²) >= 11 is 60.8. The van der Waals surface area contributed by atoms with Gasteiger partial charge in [0.2, 0.25) is 3.42 Å². The summed E-state index contributed by atoms with van der Waals surface area (Å²) in [6.07, 6.45) is 0. The molecule has 1 radical (unpaired) electrons. The third kappa shape index (κ3) is 6.15. The Bertz CT molecular complexity index is 477. The largest absolute Gasteiger partial charge is 0.239 e. The molecule has 0 rings (SSSR count). The molecule has 0 aliphatic rings. The Kier molecular flexibility index (Phi) is 14.2. The van der Waals surface area contributed by atoms with Gasteiger partial charge >= 0.3 is 0 Å². The first kappa shape index (κ1) is 34.1. The van der Waals surface area contributed by atoms with E-state index in [-0.39, 0.29) is 0 Å². The van der Waals surface area contributed by atoms with Gasteiger partial charge in [0.25, 0.3) is 0 Å². The molecule has 0 aliphatic heterocycles. The van der Waals surface area contributed by atoms with E-state index in [0.717, 1.165) is 0 Å². The minimum absolute atomic E-state index is 1.01. The van der Waals surface area contributed by atoms with E-state index in [2.05, 4.69) is 271 Å². The zero-order valence-corrected chi connectivity index (χ0v) is 37.8. The van der Waals surface area contributed by atoms with Crippen molar-refractivity contribution in [3.8, 4) is 0 Å². The highest BCUT2D eigenvalue weighted by atomic mass is 80.0. The highest BCUT2D eigenvalue weighted by molar-refractivity contribution is 9.42. The molecular formula is C8Br17O. The molecule has 0 fully saturated rings. The first-order valence-electron chi connectivity index (χ1n) is 5.17. The fraction of sp³-hybridized carbons (Fsp3) is 1.00. The highest BCUT2D eigenvalue weighted by Crippen LogP contribution is 2.83. The summed E-state index contributed by atoms with van der Waals surface area (Å²) in [5.74, 6) is 0. The zero-order valence-electron chi connectivity index (χ0n) is 10.8. The lowest BCUT2D eigenvalue weighted by molar-refractivity contribution is 0.132. The van der Waals surface area contributed by atoms with Gasteiger partial charge in [0.15, 0.2) is 3.23 Å². The lowest BCUT2D eigenvalue weighted by atomic mass is 9.88. The van der Waals surface area contributed by atoms with Crippen LogP contribution in [0.1, 0.15) is 0 Å². The van der Waals surface area contributed by atoms with Crippen molar-refractivity contribution in [3.63, 3.8) is 0 Å². The van der Waals surface area contributed by atoms with E-state index in [9.17, 15) is 5.11 Å². The summed E-state index contributed by atoms with van der Waals surface area (Å²) in [5, 5.41) is 12.8. The summed E-state index contributed by atoms with van der Waals surface area (Å²) in [5.41, 5.74) is -1.13. The van der Waals surface area contributed by atoms with Gasteiger partial charge in [-0.2, -0.15) is 0 Å². The third-order valence-corrected chi connectivity index (χ3v) is 22.9. The molecule has 0 aromatic carbocycles. The van der Waals surface area contributed by atoms with Crippen molar-refractivity contribution in [3.05, 3.63) is 0 Å². The molecule has 0 aromatic heterocycles. The smallest absolute Gasteiger partial charge is 0.202 e. The van der Waals surface area contributed by atoms with Gasteiger partial charge in [-0.25, -0.2) is 5.11 Å². The van der Waals surface area contributed by atoms with Gasteiger partial charge < -0.3 is 0 Å². The number of halogens is 17. The van der Waals surface area contributed by atoms with Gasteiger partial charge in [-0.05, 0) is 31.9 Å². The normalized spacial score (nSPS) is 16.8.